The van der Waals surface area contributed by atoms with Crippen LogP contribution in [0.3, 0.4) is 0 Å². The molecule has 2 heterocycles. The second-order valence-electron chi connectivity index (χ2n) is 4.22. The lowest BCUT2D eigenvalue weighted by atomic mass is 10.2. The number of pyridine rings is 1. The summed E-state index contributed by atoms with van der Waals surface area (Å²) >= 11 is 0. The van der Waals surface area contributed by atoms with Crippen LogP contribution in [0.25, 0.3) is 0 Å². The summed E-state index contributed by atoms with van der Waals surface area (Å²) in [5.74, 6) is 1.79. The molecule has 0 spiro atoms. The van der Waals surface area contributed by atoms with E-state index in [9.17, 15) is 0 Å². The summed E-state index contributed by atoms with van der Waals surface area (Å²) in [6.45, 7) is 1.05. The zero-order chi connectivity index (χ0) is 13.7. The quantitative estimate of drug-likeness (QED) is 0.870. The molecule has 0 aliphatic heterocycles. The molecule has 0 radical (unpaired) electrons. The van der Waals surface area contributed by atoms with Gasteiger partial charge in [0.1, 0.15) is 18.2 Å². The fourth-order valence-corrected chi connectivity index (χ4v) is 1.74. The lowest BCUT2D eigenvalue weighted by Crippen LogP contribution is -2.19. The molecule has 0 fully saturated rings. The van der Waals surface area contributed by atoms with Crippen LogP contribution >= 0.6 is 0 Å². The van der Waals surface area contributed by atoms with E-state index in [0.717, 1.165) is 11.4 Å². The smallest absolute Gasteiger partial charge is 0.158 e. The molecular formula is C13H17N5O. The molecule has 0 unspecified atom stereocenters. The summed E-state index contributed by atoms with van der Waals surface area (Å²) in [5, 5.41) is 0. The highest BCUT2D eigenvalue weighted by molar-refractivity contribution is 5.46. The second-order valence-corrected chi connectivity index (χ2v) is 4.22. The van der Waals surface area contributed by atoms with E-state index in [-0.39, 0.29) is 0 Å². The van der Waals surface area contributed by atoms with Crippen LogP contribution in [0.15, 0.2) is 30.6 Å². The van der Waals surface area contributed by atoms with E-state index >= 15 is 0 Å². The second kappa shape index (κ2) is 6.10. The predicted octanol–water partition coefficient (Wildman–Crippen LogP) is 1.24. The van der Waals surface area contributed by atoms with E-state index in [1.165, 1.54) is 0 Å². The lowest BCUT2D eigenvalue weighted by Gasteiger charge is -2.18. The molecule has 0 aliphatic carbocycles. The van der Waals surface area contributed by atoms with Crippen molar-refractivity contribution in [3.8, 4) is 0 Å². The molecule has 0 saturated heterocycles. The van der Waals surface area contributed by atoms with Crippen LogP contribution in [-0.4, -0.2) is 29.1 Å². The Balaban J connectivity index is 2.16. The van der Waals surface area contributed by atoms with Gasteiger partial charge in [-0.2, -0.15) is 0 Å². The number of nitrogen functional groups attached to an aromatic ring is 1. The van der Waals surface area contributed by atoms with E-state index in [2.05, 4.69) is 15.0 Å². The molecular weight excluding hydrogens is 242 g/mol. The summed E-state index contributed by atoms with van der Waals surface area (Å²) in [6, 6.07) is 5.67. The molecule has 2 N–H and O–H groups in total. The first-order chi connectivity index (χ1) is 9.19. The molecule has 0 atom stereocenters. The average molecular weight is 259 g/mol. The molecule has 2 aromatic heterocycles. The SMILES string of the molecule is COCc1nc(N)cc(N(C)Cc2cccnc2)n1. The first-order valence-electron chi connectivity index (χ1n) is 5.91. The molecule has 0 saturated carbocycles. The monoisotopic (exact) mass is 259 g/mol. The summed E-state index contributed by atoms with van der Waals surface area (Å²) < 4.78 is 5.03. The highest BCUT2D eigenvalue weighted by Crippen LogP contribution is 2.15. The molecule has 19 heavy (non-hydrogen) atoms. The van der Waals surface area contributed by atoms with Crippen LogP contribution < -0.4 is 10.6 Å². The van der Waals surface area contributed by atoms with Crippen molar-refractivity contribution in [3.63, 3.8) is 0 Å². The molecule has 0 amide bonds. The molecule has 100 valence electrons. The van der Waals surface area contributed by atoms with Gasteiger partial charge < -0.3 is 15.4 Å². The number of aromatic nitrogens is 3. The first-order valence-corrected chi connectivity index (χ1v) is 5.91. The van der Waals surface area contributed by atoms with Crippen LogP contribution in [0.2, 0.25) is 0 Å². The zero-order valence-electron chi connectivity index (χ0n) is 11.1. The number of ether oxygens (including phenoxy) is 1. The number of hydrogen-bond donors (Lipinski definition) is 1. The molecule has 0 bridgehead atoms. The maximum Gasteiger partial charge on any atom is 0.158 e. The Morgan fingerprint density at radius 2 is 2.21 bits per heavy atom. The van der Waals surface area contributed by atoms with E-state index < -0.39 is 0 Å². The molecule has 2 aromatic rings. The van der Waals surface area contributed by atoms with Gasteiger partial charge in [-0.3, -0.25) is 4.98 Å². The van der Waals surface area contributed by atoms with Crippen LogP contribution in [0.5, 0.6) is 0 Å². The predicted molar refractivity (Wildman–Crippen MR) is 73.5 cm³/mol. The fourth-order valence-electron chi connectivity index (χ4n) is 1.74. The topological polar surface area (TPSA) is 77.2 Å². The number of methoxy groups -OCH3 is 1. The minimum atomic E-state index is 0.346. The Hall–Kier alpha value is -2.21. The van der Waals surface area contributed by atoms with Crippen molar-refractivity contribution in [3.05, 3.63) is 42.0 Å². The number of anilines is 2. The number of nitrogens with two attached hydrogens (primary N) is 1. The normalized spacial score (nSPS) is 10.4. The van der Waals surface area contributed by atoms with Crippen molar-refractivity contribution in [2.75, 3.05) is 24.8 Å². The standard InChI is InChI=1S/C13H17N5O/c1-18(8-10-4-3-5-15-7-10)13-6-11(14)16-12(17-13)9-19-2/h3-7H,8-9H2,1-2H3,(H2,14,16,17). The van der Waals surface area contributed by atoms with Gasteiger partial charge in [0.25, 0.3) is 0 Å². The van der Waals surface area contributed by atoms with E-state index in [1.54, 1.807) is 19.4 Å². The largest absolute Gasteiger partial charge is 0.384 e. The Labute approximate surface area is 112 Å². The molecule has 0 aromatic carbocycles. The summed E-state index contributed by atoms with van der Waals surface area (Å²) in [5.41, 5.74) is 6.88. The Morgan fingerprint density at radius 1 is 1.37 bits per heavy atom. The fraction of sp³-hybridized carbons (Fsp3) is 0.308. The van der Waals surface area contributed by atoms with E-state index in [0.29, 0.717) is 24.8 Å². The van der Waals surface area contributed by atoms with Crippen LogP contribution in [0.1, 0.15) is 11.4 Å². The van der Waals surface area contributed by atoms with Crippen molar-refractivity contribution in [1.29, 1.82) is 0 Å². The molecule has 2 rings (SSSR count). The van der Waals surface area contributed by atoms with Crippen molar-refractivity contribution < 1.29 is 4.74 Å². The minimum absolute atomic E-state index is 0.346. The third-order valence-corrected chi connectivity index (χ3v) is 2.59. The highest BCUT2D eigenvalue weighted by Gasteiger charge is 2.07. The molecule has 0 aliphatic rings. The van der Waals surface area contributed by atoms with Crippen LogP contribution in [-0.2, 0) is 17.9 Å². The van der Waals surface area contributed by atoms with E-state index in [4.69, 9.17) is 10.5 Å². The van der Waals surface area contributed by atoms with Crippen molar-refractivity contribution in [2.45, 2.75) is 13.2 Å². The minimum Gasteiger partial charge on any atom is -0.384 e. The van der Waals surface area contributed by atoms with Gasteiger partial charge in [0.15, 0.2) is 5.82 Å². The number of rotatable bonds is 5. The average Bonchev–Trinajstić information content (AvgIpc) is 2.39. The van der Waals surface area contributed by atoms with Crippen LogP contribution in [0, 0.1) is 0 Å². The third-order valence-electron chi connectivity index (χ3n) is 2.59. The van der Waals surface area contributed by atoms with Gasteiger partial charge >= 0.3 is 0 Å². The summed E-state index contributed by atoms with van der Waals surface area (Å²) in [7, 11) is 3.55. The molecule has 6 heteroatoms. The van der Waals surface area contributed by atoms with Crippen LogP contribution in [0.4, 0.5) is 11.6 Å². The zero-order valence-corrected chi connectivity index (χ0v) is 11.1. The number of hydrogen-bond acceptors (Lipinski definition) is 6. The van der Waals surface area contributed by atoms with Gasteiger partial charge in [0, 0.05) is 39.2 Å². The van der Waals surface area contributed by atoms with Gasteiger partial charge in [-0.05, 0) is 11.6 Å². The Bertz CT molecular complexity index is 532. The summed E-state index contributed by atoms with van der Waals surface area (Å²) in [6.07, 6.45) is 3.58. The van der Waals surface area contributed by atoms with Gasteiger partial charge in [0.05, 0.1) is 0 Å². The van der Waals surface area contributed by atoms with Gasteiger partial charge in [-0.25, -0.2) is 9.97 Å². The van der Waals surface area contributed by atoms with Gasteiger partial charge in [-0.15, -0.1) is 0 Å². The third kappa shape index (κ3) is 3.62. The Kier molecular flexibility index (Phi) is 4.25. The maximum atomic E-state index is 5.78. The van der Waals surface area contributed by atoms with Crippen molar-refractivity contribution in [2.24, 2.45) is 0 Å². The Morgan fingerprint density at radius 3 is 2.89 bits per heavy atom. The number of nitrogens with zero attached hydrogens (tertiary/aromatic N) is 4. The lowest BCUT2D eigenvalue weighted by molar-refractivity contribution is 0.178. The van der Waals surface area contributed by atoms with Gasteiger partial charge in [0.2, 0.25) is 0 Å². The van der Waals surface area contributed by atoms with Gasteiger partial charge in [-0.1, -0.05) is 6.07 Å². The molecule has 6 nitrogen and oxygen atoms in total. The highest BCUT2D eigenvalue weighted by atomic mass is 16.5. The first kappa shape index (κ1) is 13.2. The van der Waals surface area contributed by atoms with E-state index in [1.807, 2.05) is 30.3 Å². The van der Waals surface area contributed by atoms with Crippen molar-refractivity contribution >= 4 is 11.6 Å². The maximum absolute atomic E-state index is 5.78. The van der Waals surface area contributed by atoms with Crippen molar-refractivity contribution in [1.82, 2.24) is 15.0 Å². The summed E-state index contributed by atoms with van der Waals surface area (Å²) in [4.78, 5) is 14.6.